The minimum atomic E-state index is -0.417. The van der Waals surface area contributed by atoms with Crippen LogP contribution in [0.25, 0.3) is 16.6 Å². The van der Waals surface area contributed by atoms with E-state index in [4.69, 9.17) is 9.47 Å². The normalized spacial score (nSPS) is 15.7. The van der Waals surface area contributed by atoms with Gasteiger partial charge in [-0.15, -0.1) is 0 Å². The number of hydrogen-bond donors (Lipinski definition) is 1. The molecule has 2 atom stereocenters. The third-order valence-corrected chi connectivity index (χ3v) is 7.25. The summed E-state index contributed by atoms with van der Waals surface area (Å²) in [6.07, 6.45) is 3.17. The lowest BCUT2D eigenvalue weighted by molar-refractivity contribution is -0.127. The summed E-state index contributed by atoms with van der Waals surface area (Å²) in [5, 5.41) is 8.58. The predicted octanol–water partition coefficient (Wildman–Crippen LogP) is 6.21. The molecule has 37 heavy (non-hydrogen) atoms. The van der Waals surface area contributed by atoms with Crippen LogP contribution in [0.4, 0.5) is 4.39 Å². The maximum absolute atomic E-state index is 13.4. The highest BCUT2D eigenvalue weighted by atomic mass is 19.1. The quantitative estimate of drug-likeness (QED) is 0.312. The van der Waals surface area contributed by atoms with Crippen LogP contribution < -0.4 is 14.8 Å². The Morgan fingerprint density at radius 2 is 1.76 bits per heavy atom. The zero-order chi connectivity index (χ0) is 26.3. The van der Waals surface area contributed by atoms with E-state index in [0.717, 1.165) is 51.9 Å². The highest BCUT2D eigenvalue weighted by molar-refractivity contribution is 5.85. The molecule has 1 heterocycles. The summed E-state index contributed by atoms with van der Waals surface area (Å²) >= 11 is 0. The molecule has 192 valence electrons. The molecular formula is C30H32FN3O3. The smallest absolute Gasteiger partial charge is 0.226 e. The van der Waals surface area contributed by atoms with E-state index < -0.39 is 6.10 Å². The van der Waals surface area contributed by atoms with Crippen molar-refractivity contribution in [3.8, 4) is 17.2 Å². The number of ether oxygens (including phenoxy) is 2. The molecule has 5 rings (SSSR count). The second-order valence-electron chi connectivity index (χ2n) is 10.3. The molecule has 0 saturated heterocycles. The molecular weight excluding hydrogens is 469 g/mol. The number of amides is 1. The number of carbonyl (C=O) groups is 1. The molecule has 0 aliphatic heterocycles. The number of halogens is 1. The fourth-order valence-electron chi connectivity index (χ4n) is 4.82. The molecule has 1 fully saturated rings. The Kier molecular flexibility index (Phi) is 6.40. The van der Waals surface area contributed by atoms with Crippen LogP contribution in [0.15, 0.2) is 60.8 Å². The summed E-state index contributed by atoms with van der Waals surface area (Å²) in [5.41, 5.74) is 4.36. The van der Waals surface area contributed by atoms with Gasteiger partial charge in [0, 0.05) is 10.8 Å². The van der Waals surface area contributed by atoms with Gasteiger partial charge in [-0.05, 0) is 105 Å². The van der Waals surface area contributed by atoms with Crippen LogP contribution in [0.5, 0.6) is 11.5 Å². The molecule has 1 amide bonds. The third kappa shape index (κ3) is 4.90. The van der Waals surface area contributed by atoms with Gasteiger partial charge in [0.2, 0.25) is 5.91 Å². The molecule has 1 N–H and O–H groups in total. The van der Waals surface area contributed by atoms with Crippen molar-refractivity contribution < 1.29 is 18.7 Å². The second-order valence-corrected chi connectivity index (χ2v) is 10.3. The predicted molar refractivity (Wildman–Crippen MR) is 142 cm³/mol. The van der Waals surface area contributed by atoms with Crippen molar-refractivity contribution in [2.75, 3.05) is 7.11 Å². The first-order valence-corrected chi connectivity index (χ1v) is 12.5. The van der Waals surface area contributed by atoms with E-state index in [1.807, 2.05) is 45.9 Å². The Morgan fingerprint density at radius 3 is 2.38 bits per heavy atom. The average molecular weight is 502 g/mol. The minimum Gasteiger partial charge on any atom is -0.496 e. The van der Waals surface area contributed by atoms with Crippen LogP contribution in [-0.2, 0) is 4.79 Å². The Bertz CT molecular complexity index is 1430. The fourth-order valence-corrected chi connectivity index (χ4v) is 4.82. The van der Waals surface area contributed by atoms with E-state index >= 15 is 0 Å². The maximum Gasteiger partial charge on any atom is 0.226 e. The van der Waals surface area contributed by atoms with Gasteiger partial charge in [-0.2, -0.15) is 5.10 Å². The number of aryl methyl sites for hydroxylation is 2. The number of benzene rings is 3. The van der Waals surface area contributed by atoms with Crippen LogP contribution in [0.3, 0.4) is 0 Å². The number of fused-ring (bicyclic) bond motifs is 1. The molecule has 3 aromatic carbocycles. The van der Waals surface area contributed by atoms with Gasteiger partial charge in [0.1, 0.15) is 23.4 Å². The molecule has 1 aromatic heterocycles. The van der Waals surface area contributed by atoms with Crippen molar-refractivity contribution in [1.82, 2.24) is 15.1 Å². The van der Waals surface area contributed by atoms with E-state index in [2.05, 4.69) is 22.5 Å². The molecule has 1 aliphatic carbocycles. The van der Waals surface area contributed by atoms with Crippen molar-refractivity contribution in [3.05, 3.63) is 83.3 Å². The Balaban J connectivity index is 1.47. The van der Waals surface area contributed by atoms with Crippen LogP contribution in [-0.4, -0.2) is 28.8 Å². The maximum atomic E-state index is 13.4. The van der Waals surface area contributed by atoms with Crippen molar-refractivity contribution >= 4 is 16.8 Å². The Morgan fingerprint density at radius 1 is 1.08 bits per heavy atom. The van der Waals surface area contributed by atoms with E-state index in [-0.39, 0.29) is 23.2 Å². The summed E-state index contributed by atoms with van der Waals surface area (Å²) in [4.78, 5) is 12.9. The van der Waals surface area contributed by atoms with Crippen molar-refractivity contribution in [1.29, 1.82) is 0 Å². The number of aromatic nitrogens is 2. The SMILES string of the molecule is COc1c(C)cc(C(Oc2ccc3c(cnn3-c3ccc(F)cc3)c2)C(C)NC(=O)C2(C)CC2)cc1C. The first-order valence-electron chi connectivity index (χ1n) is 12.5. The number of methoxy groups -OCH3 is 1. The van der Waals surface area contributed by atoms with Crippen LogP contribution in [0.1, 0.15) is 49.5 Å². The van der Waals surface area contributed by atoms with Gasteiger partial charge in [0.25, 0.3) is 0 Å². The third-order valence-electron chi connectivity index (χ3n) is 7.25. The molecule has 2 unspecified atom stereocenters. The number of nitrogens with one attached hydrogen (secondary N) is 1. The zero-order valence-corrected chi connectivity index (χ0v) is 21.8. The molecule has 0 spiro atoms. The van der Waals surface area contributed by atoms with Gasteiger partial charge in [-0.3, -0.25) is 4.79 Å². The minimum absolute atomic E-state index is 0.0616. The van der Waals surface area contributed by atoms with Crippen LogP contribution in [0.2, 0.25) is 0 Å². The van der Waals surface area contributed by atoms with Gasteiger partial charge in [0.15, 0.2) is 0 Å². The van der Waals surface area contributed by atoms with Crippen LogP contribution >= 0.6 is 0 Å². The van der Waals surface area contributed by atoms with Gasteiger partial charge in [0.05, 0.1) is 30.6 Å². The summed E-state index contributed by atoms with van der Waals surface area (Å²) in [7, 11) is 1.67. The lowest BCUT2D eigenvalue weighted by Gasteiger charge is -2.28. The largest absolute Gasteiger partial charge is 0.496 e. The molecule has 0 bridgehead atoms. The summed E-state index contributed by atoms with van der Waals surface area (Å²) in [6, 6.07) is 15.9. The second kappa shape index (κ2) is 9.54. The monoisotopic (exact) mass is 501 g/mol. The van der Waals surface area contributed by atoms with E-state index in [1.165, 1.54) is 12.1 Å². The highest BCUT2D eigenvalue weighted by Crippen LogP contribution is 2.45. The lowest BCUT2D eigenvalue weighted by atomic mass is 9.97. The average Bonchev–Trinajstić information content (AvgIpc) is 3.49. The van der Waals surface area contributed by atoms with E-state index in [1.54, 1.807) is 30.1 Å². The first-order chi connectivity index (χ1) is 17.7. The van der Waals surface area contributed by atoms with Crippen molar-refractivity contribution in [2.45, 2.75) is 52.7 Å². The Hall–Kier alpha value is -3.87. The summed E-state index contributed by atoms with van der Waals surface area (Å²) in [6.45, 7) is 8.00. The Labute approximate surface area is 216 Å². The molecule has 4 aromatic rings. The van der Waals surface area contributed by atoms with E-state index in [9.17, 15) is 9.18 Å². The molecule has 6 nitrogen and oxygen atoms in total. The van der Waals surface area contributed by atoms with Crippen molar-refractivity contribution in [2.24, 2.45) is 5.41 Å². The highest BCUT2D eigenvalue weighted by Gasteiger charge is 2.45. The van der Waals surface area contributed by atoms with Gasteiger partial charge in [-0.25, -0.2) is 9.07 Å². The molecule has 1 saturated carbocycles. The summed E-state index contributed by atoms with van der Waals surface area (Å²) in [5.74, 6) is 1.29. The zero-order valence-electron chi connectivity index (χ0n) is 21.8. The standard InChI is InChI=1S/C30H32FN3O3/c1-18-14-21(15-19(2)27(18)36-5)28(20(3)33-29(35)30(4)12-13-30)37-25-10-11-26-22(16-25)17-32-34(26)24-8-6-23(31)7-9-24/h6-11,14-17,20,28H,12-13H2,1-5H3,(H,33,35). The topological polar surface area (TPSA) is 65.4 Å². The number of carbonyl (C=O) groups excluding carboxylic acids is 1. The molecule has 0 radical (unpaired) electrons. The van der Waals surface area contributed by atoms with Crippen LogP contribution in [0, 0.1) is 25.1 Å². The van der Waals surface area contributed by atoms with Gasteiger partial charge >= 0.3 is 0 Å². The number of rotatable bonds is 8. The number of nitrogens with zero attached hydrogens (tertiary/aromatic N) is 2. The first kappa shape index (κ1) is 24.8. The van der Waals surface area contributed by atoms with Gasteiger partial charge < -0.3 is 14.8 Å². The van der Waals surface area contributed by atoms with Gasteiger partial charge in [-0.1, -0.05) is 6.92 Å². The lowest BCUT2D eigenvalue weighted by Crippen LogP contribution is -2.42. The molecule has 7 heteroatoms. The summed E-state index contributed by atoms with van der Waals surface area (Å²) < 4.78 is 27.3. The number of hydrogen-bond acceptors (Lipinski definition) is 4. The van der Waals surface area contributed by atoms with Crippen molar-refractivity contribution in [3.63, 3.8) is 0 Å². The fraction of sp³-hybridized carbons (Fsp3) is 0.333. The van der Waals surface area contributed by atoms with E-state index in [0.29, 0.717) is 5.75 Å². The molecule has 1 aliphatic rings.